The van der Waals surface area contributed by atoms with Crippen molar-refractivity contribution in [2.45, 2.75) is 6.92 Å². The van der Waals surface area contributed by atoms with Crippen LogP contribution in [-0.2, 0) is 4.79 Å². The van der Waals surface area contributed by atoms with Gasteiger partial charge < -0.3 is 9.84 Å². The molecule has 108 valence electrons. The van der Waals surface area contributed by atoms with E-state index in [2.05, 4.69) is 15.9 Å². The standard InChI is InChI=1S/C17H15BrO3/c1-12-9-14(7-8-16(12)21-11-17(19)20)6-5-13-3-2-4-15(18)10-13/h2-10H,11H2,1H3,(H,19,20). The molecule has 0 radical (unpaired) electrons. The van der Waals surface area contributed by atoms with Gasteiger partial charge in [-0.25, -0.2) is 4.79 Å². The van der Waals surface area contributed by atoms with Crippen LogP contribution < -0.4 is 4.74 Å². The molecule has 0 amide bonds. The van der Waals surface area contributed by atoms with Crippen LogP contribution in [0, 0.1) is 6.92 Å². The number of hydrogen-bond donors (Lipinski definition) is 1. The summed E-state index contributed by atoms with van der Waals surface area (Å²) in [5, 5.41) is 8.61. The topological polar surface area (TPSA) is 46.5 Å². The Labute approximate surface area is 132 Å². The zero-order valence-electron chi connectivity index (χ0n) is 11.5. The fraction of sp³-hybridized carbons (Fsp3) is 0.118. The average Bonchev–Trinajstić information content (AvgIpc) is 2.44. The smallest absolute Gasteiger partial charge is 0.341 e. The Morgan fingerprint density at radius 3 is 2.52 bits per heavy atom. The van der Waals surface area contributed by atoms with E-state index in [4.69, 9.17) is 9.84 Å². The van der Waals surface area contributed by atoms with Crippen LogP contribution in [-0.4, -0.2) is 17.7 Å². The maximum atomic E-state index is 10.5. The maximum absolute atomic E-state index is 10.5. The summed E-state index contributed by atoms with van der Waals surface area (Å²) in [6, 6.07) is 13.7. The van der Waals surface area contributed by atoms with Crippen molar-refractivity contribution in [2.24, 2.45) is 0 Å². The predicted octanol–water partition coefficient (Wildman–Crippen LogP) is 4.39. The fourth-order valence-electron chi connectivity index (χ4n) is 1.88. The van der Waals surface area contributed by atoms with E-state index in [0.717, 1.165) is 21.2 Å². The van der Waals surface area contributed by atoms with Crippen LogP contribution in [0.25, 0.3) is 12.2 Å². The fourth-order valence-corrected chi connectivity index (χ4v) is 2.30. The second-order valence-electron chi connectivity index (χ2n) is 4.60. The van der Waals surface area contributed by atoms with E-state index in [1.54, 1.807) is 6.07 Å². The summed E-state index contributed by atoms with van der Waals surface area (Å²) < 4.78 is 6.24. The number of hydrogen-bond acceptors (Lipinski definition) is 2. The van der Waals surface area contributed by atoms with Gasteiger partial charge in [-0.15, -0.1) is 0 Å². The molecule has 0 aliphatic heterocycles. The predicted molar refractivity (Wildman–Crippen MR) is 87.4 cm³/mol. The van der Waals surface area contributed by atoms with Crippen LogP contribution >= 0.6 is 15.9 Å². The normalized spacial score (nSPS) is 10.8. The molecular weight excluding hydrogens is 332 g/mol. The van der Waals surface area contributed by atoms with Gasteiger partial charge in [-0.05, 0) is 47.9 Å². The van der Waals surface area contributed by atoms with Gasteiger partial charge in [0, 0.05) is 4.47 Å². The molecule has 0 bridgehead atoms. The zero-order chi connectivity index (χ0) is 15.2. The van der Waals surface area contributed by atoms with Crippen molar-refractivity contribution < 1.29 is 14.6 Å². The molecule has 4 heteroatoms. The lowest BCUT2D eigenvalue weighted by atomic mass is 10.1. The summed E-state index contributed by atoms with van der Waals surface area (Å²) in [5.41, 5.74) is 3.05. The summed E-state index contributed by atoms with van der Waals surface area (Å²) in [6.07, 6.45) is 4.03. The Balaban J connectivity index is 2.11. The molecule has 1 N–H and O–H groups in total. The third-order valence-electron chi connectivity index (χ3n) is 2.87. The molecule has 2 aromatic rings. The highest BCUT2D eigenvalue weighted by molar-refractivity contribution is 9.10. The number of carboxylic acids is 1. The molecular formula is C17H15BrO3. The molecule has 0 aromatic heterocycles. The van der Waals surface area contributed by atoms with E-state index < -0.39 is 5.97 Å². The molecule has 21 heavy (non-hydrogen) atoms. The first kappa shape index (κ1) is 15.3. The second kappa shape index (κ2) is 7.09. The van der Waals surface area contributed by atoms with Crippen molar-refractivity contribution >= 4 is 34.1 Å². The van der Waals surface area contributed by atoms with Crippen molar-refractivity contribution in [3.63, 3.8) is 0 Å². The maximum Gasteiger partial charge on any atom is 0.341 e. The van der Waals surface area contributed by atoms with Crippen LogP contribution in [0.5, 0.6) is 5.75 Å². The highest BCUT2D eigenvalue weighted by Crippen LogP contribution is 2.21. The van der Waals surface area contributed by atoms with Gasteiger partial charge in [-0.1, -0.05) is 46.3 Å². The Morgan fingerprint density at radius 1 is 1.19 bits per heavy atom. The lowest BCUT2D eigenvalue weighted by Crippen LogP contribution is -2.10. The van der Waals surface area contributed by atoms with Crippen LogP contribution in [0.1, 0.15) is 16.7 Å². The van der Waals surface area contributed by atoms with Gasteiger partial charge >= 0.3 is 5.97 Å². The summed E-state index contributed by atoms with van der Waals surface area (Å²) in [5.74, 6) is -0.384. The van der Waals surface area contributed by atoms with Crippen molar-refractivity contribution in [1.29, 1.82) is 0 Å². The number of carboxylic acid groups (broad SMARTS) is 1. The number of rotatable bonds is 5. The lowest BCUT2D eigenvalue weighted by molar-refractivity contribution is -0.139. The highest BCUT2D eigenvalue weighted by Gasteiger charge is 2.03. The number of halogens is 1. The number of benzene rings is 2. The van der Waals surface area contributed by atoms with Gasteiger partial charge in [0.25, 0.3) is 0 Å². The highest BCUT2D eigenvalue weighted by atomic mass is 79.9. The van der Waals surface area contributed by atoms with Crippen molar-refractivity contribution in [3.05, 3.63) is 63.6 Å². The molecule has 0 atom stereocenters. The first-order chi connectivity index (χ1) is 10.0. The SMILES string of the molecule is Cc1cc(C=Cc2cccc(Br)c2)ccc1OCC(=O)O. The Kier molecular flexibility index (Phi) is 5.17. The molecule has 0 fully saturated rings. The van der Waals surface area contributed by atoms with Crippen molar-refractivity contribution in [2.75, 3.05) is 6.61 Å². The number of aryl methyl sites for hydroxylation is 1. The van der Waals surface area contributed by atoms with Crippen molar-refractivity contribution in [1.82, 2.24) is 0 Å². The molecule has 0 unspecified atom stereocenters. The summed E-state index contributed by atoms with van der Waals surface area (Å²) >= 11 is 3.44. The van der Waals surface area contributed by atoms with Crippen LogP contribution in [0.3, 0.4) is 0 Å². The molecule has 0 aliphatic carbocycles. The van der Waals surface area contributed by atoms with Crippen LogP contribution in [0.2, 0.25) is 0 Å². The molecule has 2 aromatic carbocycles. The first-order valence-electron chi connectivity index (χ1n) is 6.43. The lowest BCUT2D eigenvalue weighted by Gasteiger charge is -2.07. The minimum Gasteiger partial charge on any atom is -0.482 e. The largest absolute Gasteiger partial charge is 0.482 e. The number of ether oxygens (including phenoxy) is 1. The average molecular weight is 347 g/mol. The van der Waals surface area contributed by atoms with Crippen LogP contribution in [0.4, 0.5) is 0 Å². The van der Waals surface area contributed by atoms with Crippen LogP contribution in [0.15, 0.2) is 46.9 Å². The summed E-state index contributed by atoms with van der Waals surface area (Å²) in [6.45, 7) is 1.57. The molecule has 0 heterocycles. The second-order valence-corrected chi connectivity index (χ2v) is 5.51. The molecule has 0 saturated carbocycles. The van der Waals surface area contributed by atoms with Gasteiger partial charge in [0.15, 0.2) is 6.61 Å². The van der Waals surface area contributed by atoms with E-state index in [0.29, 0.717) is 5.75 Å². The number of aliphatic carboxylic acids is 1. The van der Waals surface area contributed by atoms with E-state index in [-0.39, 0.29) is 6.61 Å². The molecule has 0 spiro atoms. The van der Waals surface area contributed by atoms with E-state index in [1.165, 1.54) is 0 Å². The zero-order valence-corrected chi connectivity index (χ0v) is 13.1. The molecule has 0 aliphatic rings. The Hall–Kier alpha value is -2.07. The number of carbonyl (C=O) groups is 1. The first-order valence-corrected chi connectivity index (χ1v) is 7.23. The van der Waals surface area contributed by atoms with Gasteiger partial charge in [-0.2, -0.15) is 0 Å². The van der Waals surface area contributed by atoms with Gasteiger partial charge in [0.1, 0.15) is 5.75 Å². The van der Waals surface area contributed by atoms with Gasteiger partial charge in [-0.3, -0.25) is 0 Å². The minimum atomic E-state index is -0.979. The van der Waals surface area contributed by atoms with Crippen molar-refractivity contribution in [3.8, 4) is 5.75 Å². The molecule has 3 nitrogen and oxygen atoms in total. The molecule has 2 rings (SSSR count). The Morgan fingerprint density at radius 2 is 1.90 bits per heavy atom. The third-order valence-corrected chi connectivity index (χ3v) is 3.36. The van der Waals surface area contributed by atoms with Gasteiger partial charge in [0.2, 0.25) is 0 Å². The van der Waals surface area contributed by atoms with E-state index in [9.17, 15) is 4.79 Å². The Bertz CT molecular complexity index is 677. The quantitative estimate of drug-likeness (QED) is 0.816. The molecule has 0 saturated heterocycles. The van der Waals surface area contributed by atoms with Gasteiger partial charge in [0.05, 0.1) is 0 Å². The summed E-state index contributed by atoms with van der Waals surface area (Å²) in [4.78, 5) is 10.5. The minimum absolute atomic E-state index is 0.325. The third kappa shape index (κ3) is 4.76. The monoisotopic (exact) mass is 346 g/mol. The van der Waals surface area contributed by atoms with E-state index in [1.807, 2.05) is 55.5 Å². The van der Waals surface area contributed by atoms with E-state index >= 15 is 0 Å². The summed E-state index contributed by atoms with van der Waals surface area (Å²) in [7, 11) is 0.